The lowest BCUT2D eigenvalue weighted by Gasteiger charge is -2.26. The lowest BCUT2D eigenvalue weighted by Crippen LogP contribution is -2.09. The van der Waals surface area contributed by atoms with Gasteiger partial charge in [-0.05, 0) is 99.1 Å². The van der Waals surface area contributed by atoms with Gasteiger partial charge in [-0.1, -0.05) is 158 Å². The van der Waals surface area contributed by atoms with Crippen LogP contribution in [0.2, 0.25) is 0 Å². The van der Waals surface area contributed by atoms with E-state index in [1.54, 1.807) is 0 Å². The van der Waals surface area contributed by atoms with E-state index in [4.69, 9.17) is 14.4 Å². The third-order valence-corrected chi connectivity index (χ3v) is 12.0. The molecule has 0 aliphatic rings. The predicted octanol–water partition coefficient (Wildman–Crippen LogP) is 16.0. The summed E-state index contributed by atoms with van der Waals surface area (Å²) in [4.78, 5) is 13.1. The van der Waals surface area contributed by atoms with Gasteiger partial charge in [0.25, 0.3) is 0 Å². The summed E-state index contributed by atoms with van der Waals surface area (Å²) in [7, 11) is 0. The third kappa shape index (κ3) is 6.16. The first-order valence-corrected chi connectivity index (χ1v) is 21.0. The van der Waals surface area contributed by atoms with E-state index >= 15 is 0 Å². The Balaban J connectivity index is 0.977. The monoisotopic (exact) mass is 791 g/mol. The van der Waals surface area contributed by atoms with Gasteiger partial charge in [-0.25, -0.2) is 9.97 Å². The number of hydrogen-bond acceptors (Lipinski definition) is 4. The predicted molar refractivity (Wildman–Crippen MR) is 258 cm³/mol. The summed E-state index contributed by atoms with van der Waals surface area (Å²) in [5, 5.41) is 6.69. The molecule has 0 saturated heterocycles. The first-order valence-electron chi connectivity index (χ1n) is 21.0. The molecule has 0 aliphatic carbocycles. The van der Waals surface area contributed by atoms with Crippen LogP contribution in [-0.2, 0) is 0 Å². The quantitative estimate of drug-likeness (QED) is 0.151. The Morgan fingerprint density at radius 3 is 1.61 bits per heavy atom. The van der Waals surface area contributed by atoms with Crippen LogP contribution in [0.1, 0.15) is 0 Å². The molecule has 0 spiro atoms. The van der Waals surface area contributed by atoms with Crippen molar-refractivity contribution in [3.8, 4) is 44.8 Å². The van der Waals surface area contributed by atoms with E-state index in [0.29, 0.717) is 0 Å². The number of benzene rings is 10. The number of furan rings is 1. The molecule has 4 heteroatoms. The second-order valence-electron chi connectivity index (χ2n) is 15.8. The molecule has 0 unspecified atom stereocenters. The van der Waals surface area contributed by atoms with Crippen LogP contribution in [0.15, 0.2) is 229 Å². The van der Waals surface area contributed by atoms with E-state index < -0.39 is 0 Å². The van der Waals surface area contributed by atoms with Gasteiger partial charge in [0.05, 0.1) is 22.4 Å². The Morgan fingerprint density at radius 2 is 0.871 bits per heavy atom. The van der Waals surface area contributed by atoms with Crippen LogP contribution in [0.4, 0.5) is 17.1 Å². The molecule has 0 fully saturated rings. The van der Waals surface area contributed by atoms with Crippen molar-refractivity contribution in [2.75, 3.05) is 4.90 Å². The highest BCUT2D eigenvalue weighted by Gasteiger charge is 2.19. The van der Waals surface area contributed by atoms with Gasteiger partial charge in [0.1, 0.15) is 11.2 Å². The molecule has 0 amide bonds. The van der Waals surface area contributed by atoms with Crippen molar-refractivity contribution in [3.05, 3.63) is 224 Å². The molecule has 2 aromatic heterocycles. The van der Waals surface area contributed by atoms with Gasteiger partial charge in [0, 0.05) is 50.4 Å². The molecular weight excluding hydrogens is 755 g/mol. The maximum absolute atomic E-state index is 6.62. The topological polar surface area (TPSA) is 42.2 Å². The fourth-order valence-electron chi connectivity index (χ4n) is 9.00. The summed E-state index contributed by atoms with van der Waals surface area (Å²) >= 11 is 0. The summed E-state index contributed by atoms with van der Waals surface area (Å²) in [6.45, 7) is 0. The minimum atomic E-state index is 0.841. The third-order valence-electron chi connectivity index (χ3n) is 12.0. The minimum absolute atomic E-state index is 0.841. The van der Waals surface area contributed by atoms with Crippen LogP contribution < -0.4 is 4.90 Å². The number of nitrogens with zero attached hydrogens (tertiary/aromatic N) is 3. The fourth-order valence-corrected chi connectivity index (χ4v) is 9.00. The van der Waals surface area contributed by atoms with E-state index in [9.17, 15) is 0 Å². The Labute approximate surface area is 358 Å². The summed E-state index contributed by atoms with van der Waals surface area (Å²) < 4.78 is 6.62. The molecule has 0 N–H and O–H groups in total. The highest BCUT2D eigenvalue weighted by atomic mass is 16.3. The van der Waals surface area contributed by atoms with Crippen LogP contribution in [0.25, 0.3) is 99.3 Å². The van der Waals surface area contributed by atoms with Gasteiger partial charge in [0.2, 0.25) is 0 Å². The second-order valence-corrected chi connectivity index (χ2v) is 15.8. The molecule has 10 aromatic carbocycles. The van der Waals surface area contributed by atoms with E-state index in [-0.39, 0.29) is 0 Å². The molecule has 12 aromatic rings. The highest BCUT2D eigenvalue weighted by Crippen LogP contribution is 2.42. The van der Waals surface area contributed by atoms with Crippen molar-refractivity contribution < 1.29 is 4.42 Å². The Kier molecular flexibility index (Phi) is 8.46. The first-order chi connectivity index (χ1) is 30.7. The van der Waals surface area contributed by atoms with Gasteiger partial charge < -0.3 is 9.32 Å². The summed E-state index contributed by atoms with van der Waals surface area (Å²) in [6.07, 6.45) is 0. The van der Waals surface area contributed by atoms with Crippen LogP contribution in [-0.4, -0.2) is 9.97 Å². The van der Waals surface area contributed by atoms with Crippen molar-refractivity contribution in [3.63, 3.8) is 0 Å². The molecule has 2 heterocycles. The number of para-hydroxylation sites is 1. The van der Waals surface area contributed by atoms with Crippen LogP contribution >= 0.6 is 0 Å². The van der Waals surface area contributed by atoms with Crippen molar-refractivity contribution in [1.29, 1.82) is 0 Å². The van der Waals surface area contributed by atoms with Gasteiger partial charge in [-0.3, -0.25) is 0 Å². The maximum atomic E-state index is 6.62. The summed E-state index contributed by atoms with van der Waals surface area (Å²) in [5.74, 6) is 0. The maximum Gasteiger partial charge on any atom is 0.137 e. The lowest BCUT2D eigenvalue weighted by atomic mass is 9.95. The van der Waals surface area contributed by atoms with Crippen LogP contribution in [0.3, 0.4) is 0 Å². The van der Waals surface area contributed by atoms with Crippen LogP contribution in [0, 0.1) is 0 Å². The molecule has 0 radical (unpaired) electrons. The standard InChI is InChI=1S/C58H37N3O/c1-5-14-38(15-6-1)43-20-13-23-47(34-43)61(46-21-11-4-12-22-46)48-30-31-49-51-36-45(29-33-53(51)62-54(49)37-48)44-27-25-39-24-26-40-28-32-52-58(55(40)50(39)35-44)60-57(42-18-9-3-10-19-42)56(59-52)41-16-7-2-8-17-41/h1-37H. The smallest absolute Gasteiger partial charge is 0.137 e. The van der Waals surface area contributed by atoms with Crippen LogP contribution in [0.5, 0.6) is 0 Å². The molecular formula is C58H37N3O. The fraction of sp³-hybridized carbons (Fsp3) is 0. The number of anilines is 3. The zero-order valence-electron chi connectivity index (χ0n) is 33.6. The molecule has 62 heavy (non-hydrogen) atoms. The minimum Gasteiger partial charge on any atom is -0.456 e. The SMILES string of the molecule is c1ccc(-c2cccc(N(c3ccccc3)c3ccc4c(c3)oc3ccc(-c5ccc6ccc7ccc8nc(-c9ccccc9)c(-c9ccccc9)nc8c7c6c5)cc34)c2)cc1. The lowest BCUT2D eigenvalue weighted by molar-refractivity contribution is 0.669. The van der Waals surface area contributed by atoms with E-state index in [1.165, 1.54) is 11.1 Å². The van der Waals surface area contributed by atoms with Crippen molar-refractivity contribution >= 4 is 71.6 Å². The Morgan fingerprint density at radius 1 is 0.323 bits per heavy atom. The second kappa shape index (κ2) is 14.7. The number of hydrogen-bond donors (Lipinski definition) is 0. The molecule has 0 atom stereocenters. The largest absolute Gasteiger partial charge is 0.456 e. The number of fused-ring (bicyclic) bond motifs is 8. The highest BCUT2D eigenvalue weighted by molar-refractivity contribution is 6.19. The Hall–Kier alpha value is -8.34. The van der Waals surface area contributed by atoms with Gasteiger partial charge >= 0.3 is 0 Å². The van der Waals surface area contributed by atoms with Crippen molar-refractivity contribution in [1.82, 2.24) is 9.97 Å². The summed E-state index contributed by atoms with van der Waals surface area (Å²) in [6, 6.07) is 79.1. The first kappa shape index (κ1) is 35.6. The molecule has 0 saturated carbocycles. The normalized spacial score (nSPS) is 11.5. The van der Waals surface area contributed by atoms with E-state index in [2.05, 4.69) is 217 Å². The molecule has 12 rings (SSSR count). The molecule has 4 nitrogen and oxygen atoms in total. The van der Waals surface area contributed by atoms with Gasteiger partial charge in [-0.2, -0.15) is 0 Å². The zero-order valence-corrected chi connectivity index (χ0v) is 33.6. The van der Waals surface area contributed by atoms with E-state index in [0.717, 1.165) is 105 Å². The Bertz CT molecular complexity index is 3620. The molecule has 0 bridgehead atoms. The van der Waals surface area contributed by atoms with Crippen molar-refractivity contribution in [2.45, 2.75) is 0 Å². The average molecular weight is 792 g/mol. The molecule has 0 aliphatic heterocycles. The summed E-state index contributed by atoms with van der Waals surface area (Å²) in [5.41, 5.74) is 15.1. The number of rotatable bonds is 7. The van der Waals surface area contributed by atoms with Gasteiger partial charge in [0.15, 0.2) is 0 Å². The van der Waals surface area contributed by atoms with Crippen molar-refractivity contribution in [2.24, 2.45) is 0 Å². The zero-order chi connectivity index (χ0) is 41.0. The van der Waals surface area contributed by atoms with Gasteiger partial charge in [-0.15, -0.1) is 0 Å². The molecule has 290 valence electrons. The average Bonchev–Trinajstić information content (AvgIpc) is 3.72. The van der Waals surface area contributed by atoms with E-state index in [1.807, 2.05) is 12.1 Å². The number of aromatic nitrogens is 2.